The van der Waals surface area contributed by atoms with Gasteiger partial charge in [-0.1, -0.05) is 0 Å². The molecule has 1 aliphatic rings. The Labute approximate surface area is 88.4 Å². The lowest BCUT2D eigenvalue weighted by Crippen LogP contribution is -2.48. The second kappa shape index (κ2) is 5.66. The lowest BCUT2D eigenvalue weighted by molar-refractivity contribution is -0.146. The lowest BCUT2D eigenvalue weighted by Gasteiger charge is -2.33. The Morgan fingerprint density at radius 2 is 2.47 bits per heavy atom. The molecular formula is C9H15N3O3. The molecule has 0 spiro atoms. The molecule has 1 fully saturated rings. The topological polar surface area (TPSA) is 85.6 Å². The summed E-state index contributed by atoms with van der Waals surface area (Å²) < 4.78 is 0. The van der Waals surface area contributed by atoms with E-state index in [9.17, 15) is 4.79 Å². The van der Waals surface area contributed by atoms with Gasteiger partial charge in [-0.25, -0.2) is 4.79 Å². The standard InChI is InChI=1S/C9H15N3O3/c1-12-5-7(2-3-8(12)4-10)11-15-6-9(13)14/h7-8,11H,2-3,5-6H2,1H3,(H,13,14)/t7-,8+/m1/s1. The monoisotopic (exact) mass is 213 g/mol. The molecule has 2 N–H and O–H groups in total. The van der Waals surface area contributed by atoms with Crippen LogP contribution in [0.3, 0.4) is 0 Å². The van der Waals surface area contributed by atoms with Gasteiger partial charge in [-0.15, -0.1) is 0 Å². The fourth-order valence-corrected chi connectivity index (χ4v) is 1.63. The summed E-state index contributed by atoms with van der Waals surface area (Å²) in [5, 5.41) is 17.1. The van der Waals surface area contributed by atoms with Gasteiger partial charge in [0.1, 0.15) is 0 Å². The van der Waals surface area contributed by atoms with Crippen molar-refractivity contribution in [2.45, 2.75) is 24.9 Å². The highest BCUT2D eigenvalue weighted by molar-refractivity contribution is 5.67. The molecule has 1 saturated heterocycles. The molecule has 1 aliphatic heterocycles. The van der Waals surface area contributed by atoms with Crippen LogP contribution in [0.25, 0.3) is 0 Å². The van der Waals surface area contributed by atoms with Crippen molar-refractivity contribution in [1.29, 1.82) is 5.26 Å². The van der Waals surface area contributed by atoms with E-state index in [1.165, 1.54) is 0 Å². The van der Waals surface area contributed by atoms with Crippen molar-refractivity contribution in [2.24, 2.45) is 0 Å². The van der Waals surface area contributed by atoms with Gasteiger partial charge in [0.25, 0.3) is 0 Å². The molecule has 2 atom stereocenters. The minimum atomic E-state index is -0.999. The first-order valence-corrected chi connectivity index (χ1v) is 4.82. The van der Waals surface area contributed by atoms with E-state index < -0.39 is 5.97 Å². The van der Waals surface area contributed by atoms with Gasteiger partial charge < -0.3 is 5.11 Å². The van der Waals surface area contributed by atoms with Crippen LogP contribution in [0.2, 0.25) is 0 Å². The number of likely N-dealkylation sites (N-methyl/N-ethyl adjacent to an activating group) is 1. The first kappa shape index (κ1) is 11.9. The fraction of sp³-hybridized carbons (Fsp3) is 0.778. The van der Waals surface area contributed by atoms with E-state index in [2.05, 4.69) is 11.5 Å². The first-order chi connectivity index (χ1) is 7.13. The highest BCUT2D eigenvalue weighted by Crippen LogP contribution is 2.14. The number of carboxylic acid groups (broad SMARTS) is 1. The minimum absolute atomic E-state index is 0.0393. The van der Waals surface area contributed by atoms with E-state index in [1.807, 2.05) is 11.9 Å². The molecule has 0 aliphatic carbocycles. The molecule has 84 valence electrons. The normalized spacial score (nSPS) is 27.2. The summed E-state index contributed by atoms with van der Waals surface area (Å²) >= 11 is 0. The van der Waals surface area contributed by atoms with Crippen LogP contribution < -0.4 is 5.48 Å². The average Bonchev–Trinajstić information content (AvgIpc) is 2.17. The third-order valence-corrected chi connectivity index (χ3v) is 2.42. The third-order valence-electron chi connectivity index (χ3n) is 2.42. The number of nitrogens with one attached hydrogen (secondary N) is 1. The fourth-order valence-electron chi connectivity index (χ4n) is 1.63. The maximum atomic E-state index is 10.2. The van der Waals surface area contributed by atoms with Gasteiger partial charge in [-0.2, -0.15) is 10.7 Å². The molecule has 0 aromatic heterocycles. The Morgan fingerprint density at radius 3 is 3.00 bits per heavy atom. The van der Waals surface area contributed by atoms with Crippen LogP contribution in [0.15, 0.2) is 0 Å². The second-order valence-electron chi connectivity index (χ2n) is 3.66. The predicted octanol–water partition coefficient (Wildman–Crippen LogP) is -0.421. The van der Waals surface area contributed by atoms with Crippen molar-refractivity contribution in [2.75, 3.05) is 20.2 Å². The van der Waals surface area contributed by atoms with E-state index in [0.29, 0.717) is 6.54 Å². The zero-order chi connectivity index (χ0) is 11.3. The Hall–Kier alpha value is -1.16. The number of carbonyl (C=O) groups is 1. The zero-order valence-electron chi connectivity index (χ0n) is 8.64. The molecular weight excluding hydrogens is 198 g/mol. The van der Waals surface area contributed by atoms with Gasteiger partial charge in [-0.05, 0) is 19.9 Å². The van der Waals surface area contributed by atoms with Gasteiger partial charge in [-0.3, -0.25) is 9.74 Å². The molecule has 1 rings (SSSR count). The minimum Gasteiger partial charge on any atom is -0.479 e. The molecule has 1 heterocycles. The van der Waals surface area contributed by atoms with E-state index >= 15 is 0 Å². The number of nitriles is 1. The molecule has 0 aromatic rings. The number of carboxylic acids is 1. The molecule has 6 nitrogen and oxygen atoms in total. The van der Waals surface area contributed by atoms with Crippen LogP contribution in [-0.4, -0.2) is 48.3 Å². The predicted molar refractivity (Wildman–Crippen MR) is 51.8 cm³/mol. The summed E-state index contributed by atoms with van der Waals surface area (Å²) in [5.41, 5.74) is 2.70. The summed E-state index contributed by atoms with van der Waals surface area (Å²) in [5.74, 6) is -0.999. The van der Waals surface area contributed by atoms with Crippen molar-refractivity contribution in [3.63, 3.8) is 0 Å². The van der Waals surface area contributed by atoms with Crippen molar-refractivity contribution < 1.29 is 14.7 Å². The van der Waals surface area contributed by atoms with Gasteiger partial charge in [0.05, 0.1) is 12.1 Å². The number of nitrogens with zero attached hydrogens (tertiary/aromatic N) is 2. The molecule has 15 heavy (non-hydrogen) atoms. The highest BCUT2D eigenvalue weighted by Gasteiger charge is 2.25. The molecule has 0 radical (unpaired) electrons. The van der Waals surface area contributed by atoms with E-state index in [1.54, 1.807) is 0 Å². The quantitative estimate of drug-likeness (QED) is 0.617. The highest BCUT2D eigenvalue weighted by atomic mass is 16.7. The summed E-state index contributed by atoms with van der Waals surface area (Å²) in [4.78, 5) is 16.9. The molecule has 0 unspecified atom stereocenters. The maximum absolute atomic E-state index is 10.2. The molecule has 6 heteroatoms. The number of rotatable bonds is 4. The lowest BCUT2D eigenvalue weighted by atomic mass is 10.0. The van der Waals surface area contributed by atoms with Crippen molar-refractivity contribution >= 4 is 5.97 Å². The number of aliphatic carboxylic acids is 1. The van der Waals surface area contributed by atoms with Crippen LogP contribution in [0.4, 0.5) is 0 Å². The Morgan fingerprint density at radius 1 is 1.73 bits per heavy atom. The van der Waals surface area contributed by atoms with Crippen LogP contribution in [0, 0.1) is 11.3 Å². The average molecular weight is 213 g/mol. The van der Waals surface area contributed by atoms with Crippen LogP contribution in [0.1, 0.15) is 12.8 Å². The zero-order valence-corrected chi connectivity index (χ0v) is 8.64. The summed E-state index contributed by atoms with van der Waals surface area (Å²) in [7, 11) is 1.87. The third kappa shape index (κ3) is 3.83. The SMILES string of the molecule is CN1C[C@H](NOCC(=O)O)CC[C@H]1C#N. The molecule has 0 saturated carbocycles. The summed E-state index contributed by atoms with van der Waals surface area (Å²) in [6.07, 6.45) is 1.60. The number of likely N-dealkylation sites (tertiary alicyclic amines) is 1. The van der Waals surface area contributed by atoms with Gasteiger partial charge in [0, 0.05) is 12.6 Å². The second-order valence-corrected chi connectivity index (χ2v) is 3.66. The Kier molecular flexibility index (Phi) is 4.49. The van der Waals surface area contributed by atoms with Gasteiger partial charge in [0.2, 0.25) is 0 Å². The number of hydrogen-bond acceptors (Lipinski definition) is 5. The van der Waals surface area contributed by atoms with E-state index in [4.69, 9.17) is 15.2 Å². The van der Waals surface area contributed by atoms with E-state index in [0.717, 1.165) is 12.8 Å². The number of hydroxylamine groups is 1. The molecule has 0 amide bonds. The van der Waals surface area contributed by atoms with Crippen LogP contribution in [-0.2, 0) is 9.63 Å². The Bertz CT molecular complexity index is 264. The smallest absolute Gasteiger partial charge is 0.331 e. The largest absolute Gasteiger partial charge is 0.479 e. The first-order valence-electron chi connectivity index (χ1n) is 4.82. The summed E-state index contributed by atoms with van der Waals surface area (Å²) in [6.45, 7) is 0.347. The van der Waals surface area contributed by atoms with E-state index in [-0.39, 0.29) is 18.7 Å². The van der Waals surface area contributed by atoms with Crippen LogP contribution in [0.5, 0.6) is 0 Å². The van der Waals surface area contributed by atoms with Crippen molar-refractivity contribution in [3.8, 4) is 6.07 Å². The number of hydrogen-bond donors (Lipinski definition) is 2. The number of piperidine rings is 1. The van der Waals surface area contributed by atoms with Gasteiger partial charge >= 0.3 is 5.97 Å². The van der Waals surface area contributed by atoms with Gasteiger partial charge in [0.15, 0.2) is 6.61 Å². The molecule has 0 aromatic carbocycles. The Balaban J connectivity index is 2.23. The summed E-state index contributed by atoms with van der Waals surface area (Å²) in [6, 6.07) is 2.27. The molecule has 0 bridgehead atoms. The van der Waals surface area contributed by atoms with Crippen LogP contribution >= 0.6 is 0 Å². The van der Waals surface area contributed by atoms with Crippen molar-refractivity contribution in [3.05, 3.63) is 0 Å². The van der Waals surface area contributed by atoms with Crippen molar-refractivity contribution in [1.82, 2.24) is 10.4 Å². The maximum Gasteiger partial charge on any atom is 0.331 e.